The second kappa shape index (κ2) is 21.2. The van der Waals surface area contributed by atoms with Gasteiger partial charge in [0.25, 0.3) is 0 Å². The number of nitrogens with one attached hydrogen (secondary N) is 1. The molecule has 7 aromatic carbocycles. The number of amides is 1. The van der Waals surface area contributed by atoms with Crippen LogP contribution < -0.4 is 19.5 Å². The smallest absolute Gasteiger partial charge is 0.211 e. The molecule has 0 aliphatic heterocycles. The van der Waals surface area contributed by atoms with Crippen molar-refractivity contribution >= 4 is 12.1 Å². The second-order valence-electron chi connectivity index (χ2n) is 14.6. The number of aliphatic hydroxyl groups is 1. The van der Waals surface area contributed by atoms with Crippen LogP contribution >= 0.6 is 0 Å². The molecule has 0 saturated heterocycles. The van der Waals surface area contributed by atoms with E-state index < -0.39 is 6.10 Å². The first-order chi connectivity index (χ1) is 29.1. The van der Waals surface area contributed by atoms with Crippen molar-refractivity contribution in [2.75, 3.05) is 18.4 Å². The predicted molar refractivity (Wildman–Crippen MR) is 234 cm³/mol. The maximum Gasteiger partial charge on any atom is 0.211 e. The van der Waals surface area contributed by atoms with Gasteiger partial charge in [-0.2, -0.15) is 0 Å². The van der Waals surface area contributed by atoms with Crippen molar-refractivity contribution < 1.29 is 24.1 Å². The topological polar surface area (TPSA) is 80.3 Å². The maximum atomic E-state index is 11.8. The van der Waals surface area contributed by atoms with E-state index in [0.29, 0.717) is 62.9 Å². The summed E-state index contributed by atoms with van der Waals surface area (Å²) >= 11 is 0. The van der Waals surface area contributed by atoms with Crippen LogP contribution in [0.25, 0.3) is 0 Å². The number of benzene rings is 7. The third kappa shape index (κ3) is 12.2. The van der Waals surface area contributed by atoms with Gasteiger partial charge >= 0.3 is 0 Å². The Hall–Kier alpha value is -6.67. The molecule has 7 rings (SSSR count). The number of carbonyl (C=O) groups is 1. The minimum Gasteiger partial charge on any atom is -0.489 e. The Balaban J connectivity index is 1.09. The standard InChI is InChI=1S/C52H50N2O5/c55-39-53-50-33-46(25-30-52(50)59-38-43-19-11-4-12-20-43)51(56)35-54(34-40-13-5-1-6-14-40)32-31-49(44-21-26-47(27-22-44)57-36-41-15-7-2-8-16-41)45-23-28-48(29-24-45)58-37-42-17-9-3-10-18-42/h1-30,33,39,49,51,56H,31-32,34-38H2,(H,53,55)/t51-/m0/s1. The molecule has 0 bridgehead atoms. The lowest BCUT2D eigenvalue weighted by molar-refractivity contribution is -0.105. The molecule has 0 radical (unpaired) electrons. The zero-order valence-corrected chi connectivity index (χ0v) is 33.1. The first-order valence-electron chi connectivity index (χ1n) is 20.1. The van der Waals surface area contributed by atoms with Crippen molar-refractivity contribution in [3.8, 4) is 17.2 Å². The SMILES string of the molecule is O=CNc1cc([C@@H](O)CN(CCC(c2ccc(OCc3ccccc3)cc2)c2ccc(OCc3ccccc3)cc2)Cc2ccccc2)ccc1OCc1ccccc1. The van der Waals surface area contributed by atoms with E-state index in [1.165, 1.54) is 11.1 Å². The number of aliphatic hydroxyl groups excluding tert-OH is 1. The minimum absolute atomic E-state index is 0.0567. The fourth-order valence-corrected chi connectivity index (χ4v) is 7.13. The van der Waals surface area contributed by atoms with Gasteiger partial charge in [-0.25, -0.2) is 0 Å². The van der Waals surface area contributed by atoms with Gasteiger partial charge in [0.15, 0.2) is 0 Å². The number of carbonyl (C=O) groups excluding carboxylic acids is 1. The summed E-state index contributed by atoms with van der Waals surface area (Å²) in [5, 5.41) is 14.5. The van der Waals surface area contributed by atoms with E-state index >= 15 is 0 Å². The van der Waals surface area contributed by atoms with E-state index in [1.807, 2.05) is 121 Å². The van der Waals surface area contributed by atoms with E-state index in [0.717, 1.165) is 40.2 Å². The lowest BCUT2D eigenvalue weighted by atomic mass is 9.88. The highest BCUT2D eigenvalue weighted by molar-refractivity contribution is 5.76. The van der Waals surface area contributed by atoms with Crippen LogP contribution in [-0.4, -0.2) is 29.5 Å². The van der Waals surface area contributed by atoms with Gasteiger partial charge in [-0.3, -0.25) is 9.69 Å². The Morgan fingerprint density at radius 3 is 1.44 bits per heavy atom. The molecule has 7 heteroatoms. The second-order valence-corrected chi connectivity index (χ2v) is 14.6. The van der Waals surface area contributed by atoms with Crippen LogP contribution in [0.1, 0.15) is 57.4 Å². The largest absolute Gasteiger partial charge is 0.489 e. The Labute approximate surface area is 347 Å². The number of nitrogens with zero attached hydrogens (tertiary/aromatic N) is 1. The van der Waals surface area contributed by atoms with Crippen LogP contribution in [0, 0.1) is 0 Å². The molecule has 0 fully saturated rings. The third-order valence-electron chi connectivity index (χ3n) is 10.3. The van der Waals surface area contributed by atoms with E-state index in [1.54, 1.807) is 6.07 Å². The summed E-state index contributed by atoms with van der Waals surface area (Å²) in [4.78, 5) is 13.9. The van der Waals surface area contributed by atoms with Gasteiger partial charge in [0, 0.05) is 19.0 Å². The van der Waals surface area contributed by atoms with Crippen LogP contribution in [-0.2, 0) is 31.2 Å². The molecular formula is C52H50N2O5. The van der Waals surface area contributed by atoms with Crippen molar-refractivity contribution in [2.45, 2.75) is 44.8 Å². The molecule has 0 aliphatic rings. The zero-order chi connectivity index (χ0) is 40.5. The van der Waals surface area contributed by atoms with Gasteiger partial charge in [0.1, 0.15) is 37.1 Å². The highest BCUT2D eigenvalue weighted by Crippen LogP contribution is 2.33. The first kappa shape index (κ1) is 40.5. The number of hydrogen-bond donors (Lipinski definition) is 2. The maximum absolute atomic E-state index is 11.8. The highest BCUT2D eigenvalue weighted by atomic mass is 16.5. The number of ether oxygens (including phenoxy) is 3. The average molecular weight is 783 g/mol. The summed E-state index contributed by atoms with van der Waals surface area (Å²) in [6.07, 6.45) is 0.597. The van der Waals surface area contributed by atoms with Crippen LogP contribution in [0.3, 0.4) is 0 Å². The van der Waals surface area contributed by atoms with E-state index in [2.05, 4.69) is 70.9 Å². The normalized spacial score (nSPS) is 11.6. The van der Waals surface area contributed by atoms with Crippen LogP contribution in [0.2, 0.25) is 0 Å². The summed E-state index contributed by atoms with van der Waals surface area (Å²) in [7, 11) is 0. The zero-order valence-electron chi connectivity index (χ0n) is 33.1. The van der Waals surface area contributed by atoms with Crippen molar-refractivity contribution in [2.24, 2.45) is 0 Å². The highest BCUT2D eigenvalue weighted by Gasteiger charge is 2.21. The Bertz CT molecular complexity index is 2200. The summed E-state index contributed by atoms with van der Waals surface area (Å²) in [5.41, 5.74) is 7.95. The summed E-state index contributed by atoms with van der Waals surface area (Å²) in [5.74, 6) is 2.22. The van der Waals surface area contributed by atoms with Crippen LogP contribution in [0.15, 0.2) is 188 Å². The van der Waals surface area contributed by atoms with Gasteiger partial charge in [0.2, 0.25) is 6.41 Å². The summed E-state index contributed by atoms with van der Waals surface area (Å²) in [6, 6.07) is 62.8. The Morgan fingerprint density at radius 1 is 0.525 bits per heavy atom. The molecule has 7 nitrogen and oxygen atoms in total. The molecule has 0 unspecified atom stereocenters. The lowest BCUT2D eigenvalue weighted by Gasteiger charge is -2.28. The van der Waals surface area contributed by atoms with Crippen molar-refractivity contribution in [3.05, 3.63) is 227 Å². The fraction of sp³-hybridized carbons (Fsp3) is 0.173. The molecule has 2 N–H and O–H groups in total. The number of anilines is 1. The minimum atomic E-state index is -0.824. The summed E-state index contributed by atoms with van der Waals surface area (Å²) in [6.45, 7) is 3.09. The van der Waals surface area contributed by atoms with Gasteiger partial charge in [-0.15, -0.1) is 0 Å². The van der Waals surface area contributed by atoms with Crippen molar-refractivity contribution in [1.82, 2.24) is 4.90 Å². The van der Waals surface area contributed by atoms with Gasteiger partial charge in [-0.1, -0.05) is 152 Å². The predicted octanol–water partition coefficient (Wildman–Crippen LogP) is 10.7. The molecule has 1 atom stereocenters. The fourth-order valence-electron chi connectivity index (χ4n) is 7.13. The first-order valence-corrected chi connectivity index (χ1v) is 20.1. The molecule has 1 amide bonds. The lowest BCUT2D eigenvalue weighted by Crippen LogP contribution is -2.30. The molecule has 298 valence electrons. The van der Waals surface area contributed by atoms with Crippen molar-refractivity contribution in [3.63, 3.8) is 0 Å². The molecule has 0 heterocycles. The van der Waals surface area contributed by atoms with Crippen molar-refractivity contribution in [1.29, 1.82) is 0 Å². The number of hydrogen-bond acceptors (Lipinski definition) is 6. The average Bonchev–Trinajstić information content (AvgIpc) is 3.29. The van der Waals surface area contributed by atoms with Gasteiger partial charge in [-0.05, 0) is 88.3 Å². The Kier molecular flexibility index (Phi) is 14.6. The van der Waals surface area contributed by atoms with E-state index in [-0.39, 0.29) is 5.92 Å². The number of rotatable bonds is 21. The molecule has 0 saturated carbocycles. The van der Waals surface area contributed by atoms with E-state index in [9.17, 15) is 9.90 Å². The molecule has 0 spiro atoms. The molecule has 59 heavy (non-hydrogen) atoms. The van der Waals surface area contributed by atoms with Crippen LogP contribution in [0.5, 0.6) is 17.2 Å². The third-order valence-corrected chi connectivity index (χ3v) is 10.3. The molecule has 7 aromatic rings. The van der Waals surface area contributed by atoms with Crippen LogP contribution in [0.4, 0.5) is 5.69 Å². The Morgan fingerprint density at radius 2 is 0.966 bits per heavy atom. The molecule has 0 aromatic heterocycles. The van der Waals surface area contributed by atoms with Gasteiger partial charge in [0.05, 0.1) is 11.8 Å². The quantitative estimate of drug-likeness (QED) is 0.0707. The monoisotopic (exact) mass is 782 g/mol. The summed E-state index contributed by atoms with van der Waals surface area (Å²) < 4.78 is 18.4. The van der Waals surface area contributed by atoms with E-state index in [4.69, 9.17) is 14.2 Å². The molecule has 0 aliphatic carbocycles. The molecular weight excluding hydrogens is 733 g/mol. The van der Waals surface area contributed by atoms with Gasteiger partial charge < -0.3 is 24.6 Å².